The molecule has 72 heavy (non-hydrogen) atoms. The highest BCUT2D eigenvalue weighted by Gasteiger charge is 2.20. The average molecular weight is 915 g/mol. The lowest BCUT2D eigenvalue weighted by Gasteiger charge is -2.27. The highest BCUT2D eigenvalue weighted by molar-refractivity contribution is 6.26. The Bertz CT molecular complexity index is 4110. The van der Waals surface area contributed by atoms with E-state index < -0.39 is 0 Å². The molecule has 0 aliphatic heterocycles. The Morgan fingerprint density at radius 2 is 0.528 bits per heavy atom. The van der Waals surface area contributed by atoms with Gasteiger partial charge in [-0.25, -0.2) is 0 Å². The number of hydrogen-bond donors (Lipinski definition) is 0. The van der Waals surface area contributed by atoms with Crippen LogP contribution in [0, 0.1) is 0 Å². The quantitative estimate of drug-likeness (QED) is 0.140. The second-order valence-corrected chi connectivity index (χ2v) is 18.9. The number of fused-ring (bicyclic) bond motifs is 9. The molecule has 0 aromatic heterocycles. The number of hydrogen-bond acceptors (Lipinski definition) is 2. The van der Waals surface area contributed by atoms with Crippen LogP contribution < -0.4 is 9.80 Å². The number of rotatable bonds is 8. The van der Waals surface area contributed by atoms with Gasteiger partial charge in [-0.1, -0.05) is 206 Å². The molecule has 0 saturated heterocycles. The monoisotopic (exact) mass is 914 g/mol. The Labute approximate surface area is 418 Å². The number of benzene rings is 14. The zero-order chi connectivity index (χ0) is 47.5. The minimum atomic E-state index is 1.10. The van der Waals surface area contributed by atoms with Gasteiger partial charge in [0.2, 0.25) is 0 Å². The summed E-state index contributed by atoms with van der Waals surface area (Å²) in [6.07, 6.45) is 0. The van der Waals surface area contributed by atoms with E-state index in [1.54, 1.807) is 0 Å². The molecule has 14 aromatic carbocycles. The zero-order valence-electron chi connectivity index (χ0n) is 39.5. The van der Waals surface area contributed by atoms with E-state index in [2.05, 4.69) is 289 Å². The lowest BCUT2D eigenvalue weighted by molar-refractivity contribution is 1.30. The van der Waals surface area contributed by atoms with E-state index in [0.717, 1.165) is 34.1 Å². The summed E-state index contributed by atoms with van der Waals surface area (Å²) in [5.74, 6) is 0. The Kier molecular flexibility index (Phi) is 9.89. The SMILES string of the molecule is c1ccc2cc(N(c3ccc(-c4cc5cc(-c6ccc(N(c7ccc8ccccc8c7)c7cccc8ccccc78)cc6)c6ccccc6c5c5ccccc45)cc3)c3cccc4ccccc34)ccc2c1. The molecule has 2 heteroatoms. The summed E-state index contributed by atoms with van der Waals surface area (Å²) in [5.41, 5.74) is 11.5. The molecule has 2 nitrogen and oxygen atoms in total. The number of anilines is 6. The minimum Gasteiger partial charge on any atom is -0.310 e. The first kappa shape index (κ1) is 41.5. The van der Waals surface area contributed by atoms with Gasteiger partial charge in [-0.05, 0) is 160 Å². The maximum absolute atomic E-state index is 2.42. The summed E-state index contributed by atoms with van der Waals surface area (Å²) in [5, 5.41) is 17.2. The van der Waals surface area contributed by atoms with Crippen molar-refractivity contribution < 1.29 is 0 Å². The first-order valence-corrected chi connectivity index (χ1v) is 24.8. The summed E-state index contributed by atoms with van der Waals surface area (Å²) in [6.45, 7) is 0. The predicted octanol–water partition coefficient (Wildman–Crippen LogP) is 20.0. The molecule has 14 aromatic rings. The largest absolute Gasteiger partial charge is 0.310 e. The molecular formula is C70H46N2. The van der Waals surface area contributed by atoms with Gasteiger partial charge in [0.05, 0.1) is 11.4 Å². The Morgan fingerprint density at radius 1 is 0.194 bits per heavy atom. The van der Waals surface area contributed by atoms with Gasteiger partial charge < -0.3 is 9.80 Å². The van der Waals surface area contributed by atoms with Crippen molar-refractivity contribution in [2.24, 2.45) is 0 Å². The van der Waals surface area contributed by atoms with Gasteiger partial charge in [-0.2, -0.15) is 0 Å². The predicted molar refractivity (Wildman–Crippen MR) is 309 cm³/mol. The molecular weight excluding hydrogens is 869 g/mol. The minimum absolute atomic E-state index is 1.10. The third kappa shape index (κ3) is 7.03. The summed E-state index contributed by atoms with van der Waals surface area (Å²) in [6, 6.07) is 102. The first-order chi connectivity index (χ1) is 35.7. The van der Waals surface area contributed by atoms with Crippen LogP contribution in [-0.4, -0.2) is 0 Å². The van der Waals surface area contributed by atoms with Gasteiger partial charge in [0, 0.05) is 33.5 Å². The van der Waals surface area contributed by atoms with Crippen LogP contribution in [0.25, 0.3) is 97.7 Å². The lowest BCUT2D eigenvalue weighted by Crippen LogP contribution is -2.10. The highest BCUT2D eigenvalue weighted by Crippen LogP contribution is 2.46. The van der Waals surface area contributed by atoms with Crippen LogP contribution >= 0.6 is 0 Å². The van der Waals surface area contributed by atoms with Crippen molar-refractivity contribution in [3.8, 4) is 22.3 Å². The fourth-order valence-electron chi connectivity index (χ4n) is 11.3. The third-order valence-electron chi connectivity index (χ3n) is 14.7. The van der Waals surface area contributed by atoms with E-state index in [9.17, 15) is 0 Å². The second kappa shape index (κ2) is 17.2. The van der Waals surface area contributed by atoms with Gasteiger partial charge in [0.15, 0.2) is 0 Å². The Hall–Kier alpha value is -9.50. The normalized spacial score (nSPS) is 11.6. The van der Waals surface area contributed by atoms with Crippen molar-refractivity contribution >= 4 is 110 Å². The van der Waals surface area contributed by atoms with E-state index in [4.69, 9.17) is 0 Å². The van der Waals surface area contributed by atoms with Crippen molar-refractivity contribution in [3.63, 3.8) is 0 Å². The number of nitrogens with zero attached hydrogens (tertiary/aromatic N) is 2. The van der Waals surface area contributed by atoms with Gasteiger partial charge >= 0.3 is 0 Å². The van der Waals surface area contributed by atoms with Crippen molar-refractivity contribution in [2.75, 3.05) is 9.80 Å². The molecule has 0 fully saturated rings. The topological polar surface area (TPSA) is 6.48 Å². The van der Waals surface area contributed by atoms with Gasteiger partial charge in [0.1, 0.15) is 0 Å². The standard InChI is InChI=1S/C70H46N2/c1-3-19-53-43-58(41-31-47(53)15-1)71(68-29-13-21-49-17-5-7-23-60(49)68)56-37-33-51(34-38-56)66-45-55-46-67(63-26-10-12-28-65(63)70(55)64-27-11-9-25-62(64)66)52-35-39-57(40-36-52)72(59-42-32-48-16-2-4-20-54(48)44-59)69-30-14-22-50-18-6-8-24-61(50)69/h1-46H. The average Bonchev–Trinajstić information content (AvgIpc) is 3.45. The maximum atomic E-state index is 2.42. The third-order valence-corrected chi connectivity index (χ3v) is 14.7. The fraction of sp³-hybridized carbons (Fsp3) is 0. The molecule has 0 saturated carbocycles. The molecule has 0 bridgehead atoms. The smallest absolute Gasteiger partial charge is 0.0540 e. The van der Waals surface area contributed by atoms with Crippen molar-refractivity contribution in [1.82, 2.24) is 0 Å². The van der Waals surface area contributed by atoms with Crippen LogP contribution in [0.3, 0.4) is 0 Å². The van der Waals surface area contributed by atoms with Gasteiger partial charge in [0.25, 0.3) is 0 Å². The molecule has 0 N–H and O–H groups in total. The van der Waals surface area contributed by atoms with Crippen molar-refractivity contribution in [2.45, 2.75) is 0 Å². The molecule has 14 rings (SSSR count). The van der Waals surface area contributed by atoms with Crippen LogP contribution in [-0.2, 0) is 0 Å². The van der Waals surface area contributed by atoms with Crippen LogP contribution in [0.5, 0.6) is 0 Å². The lowest BCUT2D eigenvalue weighted by atomic mass is 9.87. The summed E-state index contributed by atoms with van der Waals surface area (Å²) in [4.78, 5) is 4.81. The molecule has 0 amide bonds. The van der Waals surface area contributed by atoms with E-state index in [-0.39, 0.29) is 0 Å². The molecule has 336 valence electrons. The van der Waals surface area contributed by atoms with Crippen LogP contribution in [0.4, 0.5) is 34.1 Å². The highest BCUT2D eigenvalue weighted by atomic mass is 15.1. The van der Waals surface area contributed by atoms with E-state index in [1.807, 2.05) is 0 Å². The Balaban J connectivity index is 0.900. The first-order valence-electron chi connectivity index (χ1n) is 24.8. The molecule has 0 spiro atoms. The van der Waals surface area contributed by atoms with Crippen LogP contribution in [0.2, 0.25) is 0 Å². The summed E-state index contributed by atoms with van der Waals surface area (Å²) in [7, 11) is 0. The molecule has 0 unspecified atom stereocenters. The van der Waals surface area contributed by atoms with E-state index in [1.165, 1.54) is 97.7 Å². The van der Waals surface area contributed by atoms with Crippen LogP contribution in [0.15, 0.2) is 279 Å². The van der Waals surface area contributed by atoms with E-state index in [0.29, 0.717) is 0 Å². The van der Waals surface area contributed by atoms with Gasteiger partial charge in [-0.15, -0.1) is 0 Å². The molecule has 0 atom stereocenters. The maximum Gasteiger partial charge on any atom is 0.0540 e. The second-order valence-electron chi connectivity index (χ2n) is 18.9. The van der Waals surface area contributed by atoms with E-state index >= 15 is 0 Å². The fourth-order valence-corrected chi connectivity index (χ4v) is 11.3. The zero-order valence-corrected chi connectivity index (χ0v) is 39.5. The molecule has 0 heterocycles. The summed E-state index contributed by atoms with van der Waals surface area (Å²) < 4.78 is 0. The summed E-state index contributed by atoms with van der Waals surface area (Å²) >= 11 is 0. The van der Waals surface area contributed by atoms with Crippen LogP contribution in [0.1, 0.15) is 0 Å². The molecule has 0 radical (unpaired) electrons. The molecule has 0 aliphatic carbocycles. The van der Waals surface area contributed by atoms with Crippen molar-refractivity contribution in [1.29, 1.82) is 0 Å². The Morgan fingerprint density at radius 3 is 0.958 bits per heavy atom. The van der Waals surface area contributed by atoms with Crippen molar-refractivity contribution in [3.05, 3.63) is 279 Å². The van der Waals surface area contributed by atoms with Gasteiger partial charge in [-0.3, -0.25) is 0 Å². The molecule has 0 aliphatic rings.